The predicted molar refractivity (Wildman–Crippen MR) is 104 cm³/mol. The molecule has 0 spiro atoms. The minimum Gasteiger partial charge on any atom is -0.496 e. The highest BCUT2D eigenvalue weighted by atomic mass is 16.5. The number of nitrogens with zero attached hydrogens (tertiary/aromatic N) is 1. The van der Waals surface area contributed by atoms with Crippen LogP contribution in [-0.4, -0.2) is 51.8 Å². The van der Waals surface area contributed by atoms with Gasteiger partial charge in [-0.05, 0) is 30.7 Å². The molecule has 1 saturated heterocycles. The van der Waals surface area contributed by atoms with E-state index in [1.807, 2.05) is 42.2 Å². The minimum absolute atomic E-state index is 0.0224. The molecular formula is C21H26N2O4. The van der Waals surface area contributed by atoms with E-state index in [2.05, 4.69) is 5.32 Å². The van der Waals surface area contributed by atoms with Crippen LogP contribution >= 0.6 is 0 Å². The molecule has 144 valence electrons. The molecule has 1 atom stereocenters. The second-order valence-corrected chi connectivity index (χ2v) is 6.48. The van der Waals surface area contributed by atoms with Crippen LogP contribution in [0.5, 0.6) is 17.2 Å². The molecule has 1 fully saturated rings. The van der Waals surface area contributed by atoms with Crippen molar-refractivity contribution in [1.29, 1.82) is 0 Å². The van der Waals surface area contributed by atoms with Crippen molar-refractivity contribution in [2.24, 2.45) is 0 Å². The Labute approximate surface area is 160 Å². The first-order valence-electron chi connectivity index (χ1n) is 8.98. The summed E-state index contributed by atoms with van der Waals surface area (Å²) in [5.41, 5.74) is 2.48. The van der Waals surface area contributed by atoms with Gasteiger partial charge in [-0.25, -0.2) is 0 Å². The average molecular weight is 370 g/mol. The Morgan fingerprint density at radius 1 is 1.04 bits per heavy atom. The van der Waals surface area contributed by atoms with E-state index in [4.69, 9.17) is 14.2 Å². The van der Waals surface area contributed by atoms with Gasteiger partial charge in [0.1, 0.15) is 5.75 Å². The number of carbonyl (C=O) groups is 1. The third-order valence-electron chi connectivity index (χ3n) is 4.96. The lowest BCUT2D eigenvalue weighted by molar-refractivity contribution is 0.0630. The number of piperazine rings is 1. The van der Waals surface area contributed by atoms with Gasteiger partial charge < -0.3 is 24.4 Å². The number of benzene rings is 2. The second kappa shape index (κ2) is 8.31. The fourth-order valence-electron chi connectivity index (χ4n) is 3.53. The van der Waals surface area contributed by atoms with Crippen LogP contribution in [0.15, 0.2) is 36.4 Å². The first-order valence-corrected chi connectivity index (χ1v) is 8.98. The summed E-state index contributed by atoms with van der Waals surface area (Å²) >= 11 is 0. The van der Waals surface area contributed by atoms with Gasteiger partial charge in [0.2, 0.25) is 0 Å². The summed E-state index contributed by atoms with van der Waals surface area (Å²) in [6.45, 7) is 3.97. The Bertz CT molecular complexity index is 822. The van der Waals surface area contributed by atoms with Gasteiger partial charge in [0, 0.05) is 30.8 Å². The molecule has 6 nitrogen and oxygen atoms in total. The van der Waals surface area contributed by atoms with E-state index in [0.717, 1.165) is 23.4 Å². The van der Waals surface area contributed by atoms with Gasteiger partial charge in [0.25, 0.3) is 5.91 Å². The first-order chi connectivity index (χ1) is 13.1. The lowest BCUT2D eigenvalue weighted by Crippen LogP contribution is -2.48. The Hall–Kier alpha value is -2.73. The van der Waals surface area contributed by atoms with E-state index >= 15 is 0 Å². The van der Waals surface area contributed by atoms with Crippen LogP contribution in [-0.2, 0) is 0 Å². The highest BCUT2D eigenvalue weighted by Gasteiger charge is 2.31. The smallest absolute Gasteiger partial charge is 0.254 e. The van der Waals surface area contributed by atoms with Crippen LogP contribution < -0.4 is 19.5 Å². The van der Waals surface area contributed by atoms with Crippen LogP contribution in [0, 0.1) is 6.92 Å². The Morgan fingerprint density at radius 2 is 1.70 bits per heavy atom. The Kier molecular flexibility index (Phi) is 5.86. The Morgan fingerprint density at radius 3 is 2.41 bits per heavy atom. The molecule has 1 aliphatic rings. The largest absolute Gasteiger partial charge is 0.496 e. The molecule has 27 heavy (non-hydrogen) atoms. The number of hydrogen-bond acceptors (Lipinski definition) is 5. The number of carbonyl (C=O) groups excluding carboxylic acids is 1. The summed E-state index contributed by atoms with van der Waals surface area (Å²) in [7, 11) is 4.82. The Balaban J connectivity index is 1.99. The quantitative estimate of drug-likeness (QED) is 0.877. The average Bonchev–Trinajstić information content (AvgIpc) is 2.72. The molecule has 0 aliphatic carbocycles. The fourth-order valence-corrected chi connectivity index (χ4v) is 3.53. The number of para-hydroxylation sites is 1. The fraction of sp³-hybridized carbons (Fsp3) is 0.381. The molecule has 2 aromatic carbocycles. The molecule has 0 aromatic heterocycles. The van der Waals surface area contributed by atoms with Crippen molar-refractivity contribution in [2.75, 3.05) is 41.0 Å². The zero-order valence-corrected chi connectivity index (χ0v) is 16.2. The van der Waals surface area contributed by atoms with Crippen molar-refractivity contribution in [2.45, 2.75) is 13.0 Å². The van der Waals surface area contributed by atoms with Crippen molar-refractivity contribution >= 4 is 5.91 Å². The number of rotatable bonds is 5. The van der Waals surface area contributed by atoms with E-state index < -0.39 is 0 Å². The van der Waals surface area contributed by atoms with E-state index in [9.17, 15) is 4.79 Å². The van der Waals surface area contributed by atoms with Crippen LogP contribution in [0.3, 0.4) is 0 Å². The highest BCUT2D eigenvalue weighted by molar-refractivity contribution is 5.97. The van der Waals surface area contributed by atoms with E-state index in [1.165, 1.54) is 0 Å². The van der Waals surface area contributed by atoms with Gasteiger partial charge in [-0.1, -0.05) is 18.2 Å². The maximum Gasteiger partial charge on any atom is 0.254 e. The SMILES string of the molecule is COc1cc(C)c(C(=O)N2CCNCC2c2ccccc2OC)cc1OC. The second-order valence-electron chi connectivity index (χ2n) is 6.48. The van der Waals surface area contributed by atoms with Crippen molar-refractivity contribution < 1.29 is 19.0 Å². The van der Waals surface area contributed by atoms with Gasteiger partial charge >= 0.3 is 0 Å². The van der Waals surface area contributed by atoms with E-state index in [0.29, 0.717) is 30.2 Å². The number of nitrogens with one attached hydrogen (secondary N) is 1. The zero-order valence-electron chi connectivity index (χ0n) is 16.2. The molecule has 6 heteroatoms. The van der Waals surface area contributed by atoms with Gasteiger partial charge in [0.15, 0.2) is 11.5 Å². The molecule has 2 aromatic rings. The third-order valence-corrected chi connectivity index (χ3v) is 4.96. The zero-order chi connectivity index (χ0) is 19.4. The lowest BCUT2D eigenvalue weighted by atomic mass is 9.99. The molecule has 0 bridgehead atoms. The number of aryl methyl sites for hydroxylation is 1. The molecule has 1 aliphatic heterocycles. The van der Waals surface area contributed by atoms with Crippen LogP contribution in [0.25, 0.3) is 0 Å². The third kappa shape index (κ3) is 3.71. The number of hydrogen-bond donors (Lipinski definition) is 1. The normalized spacial score (nSPS) is 16.7. The molecular weight excluding hydrogens is 344 g/mol. The molecule has 3 rings (SSSR count). The minimum atomic E-state index is -0.102. The van der Waals surface area contributed by atoms with Crippen LogP contribution in [0.4, 0.5) is 0 Å². The van der Waals surface area contributed by atoms with Crippen molar-refractivity contribution in [3.05, 3.63) is 53.1 Å². The van der Waals surface area contributed by atoms with Crippen molar-refractivity contribution in [1.82, 2.24) is 10.2 Å². The summed E-state index contributed by atoms with van der Waals surface area (Å²) in [5.74, 6) is 1.93. The molecule has 1 amide bonds. The van der Waals surface area contributed by atoms with Crippen LogP contribution in [0.1, 0.15) is 27.5 Å². The summed E-state index contributed by atoms with van der Waals surface area (Å²) in [4.78, 5) is 15.3. The topological polar surface area (TPSA) is 60.0 Å². The lowest BCUT2D eigenvalue weighted by Gasteiger charge is -2.37. The van der Waals surface area contributed by atoms with E-state index in [-0.39, 0.29) is 11.9 Å². The van der Waals surface area contributed by atoms with Crippen molar-refractivity contribution in [3.63, 3.8) is 0 Å². The molecule has 1 N–H and O–H groups in total. The van der Waals surface area contributed by atoms with Crippen molar-refractivity contribution in [3.8, 4) is 17.2 Å². The van der Waals surface area contributed by atoms with Gasteiger partial charge in [-0.15, -0.1) is 0 Å². The monoisotopic (exact) mass is 370 g/mol. The van der Waals surface area contributed by atoms with Crippen LogP contribution in [0.2, 0.25) is 0 Å². The van der Waals surface area contributed by atoms with Gasteiger partial charge in [-0.3, -0.25) is 4.79 Å². The maximum absolute atomic E-state index is 13.4. The molecule has 1 heterocycles. The number of ether oxygens (including phenoxy) is 3. The number of methoxy groups -OCH3 is 3. The molecule has 0 saturated carbocycles. The van der Waals surface area contributed by atoms with Gasteiger partial charge in [0.05, 0.1) is 27.4 Å². The molecule has 0 radical (unpaired) electrons. The summed E-state index contributed by atoms with van der Waals surface area (Å²) < 4.78 is 16.3. The van der Waals surface area contributed by atoms with E-state index in [1.54, 1.807) is 27.4 Å². The van der Waals surface area contributed by atoms with Gasteiger partial charge in [-0.2, -0.15) is 0 Å². The standard InChI is InChI=1S/C21H26N2O4/c1-14-11-19(26-3)20(27-4)12-16(14)21(24)23-10-9-22-13-17(23)15-7-5-6-8-18(15)25-2/h5-8,11-12,17,22H,9-10,13H2,1-4H3. The molecule has 1 unspecified atom stereocenters. The maximum atomic E-state index is 13.4. The number of amides is 1. The first kappa shape index (κ1) is 19.0. The summed E-state index contributed by atoms with van der Waals surface area (Å²) in [6.07, 6.45) is 0. The highest BCUT2D eigenvalue weighted by Crippen LogP contribution is 2.34. The summed E-state index contributed by atoms with van der Waals surface area (Å²) in [6, 6.07) is 11.3. The predicted octanol–water partition coefficient (Wildman–Crippen LogP) is 2.81. The summed E-state index contributed by atoms with van der Waals surface area (Å²) in [5, 5.41) is 3.38.